The summed E-state index contributed by atoms with van der Waals surface area (Å²) in [7, 11) is 1.62. The molecule has 25 heavy (non-hydrogen) atoms. The number of esters is 1. The molecule has 0 aliphatic heterocycles. The van der Waals surface area contributed by atoms with Crippen molar-refractivity contribution in [1.82, 2.24) is 4.57 Å². The number of ether oxygens (including phenoxy) is 1. The first-order valence-corrected chi connectivity index (χ1v) is 8.47. The molecule has 3 rings (SSSR count). The van der Waals surface area contributed by atoms with Gasteiger partial charge in [0.25, 0.3) is 5.56 Å². The molecule has 0 bridgehead atoms. The minimum atomic E-state index is -0.494. The lowest BCUT2D eigenvalue weighted by atomic mass is 9.99. The summed E-state index contributed by atoms with van der Waals surface area (Å²) in [4.78, 5) is 24.7. The Kier molecular flexibility index (Phi) is 4.84. The highest BCUT2D eigenvalue weighted by molar-refractivity contribution is 6.34. The highest BCUT2D eigenvalue weighted by Crippen LogP contribution is 2.39. The van der Waals surface area contributed by atoms with Gasteiger partial charge in [-0.3, -0.25) is 9.59 Å². The Labute approximate surface area is 154 Å². The van der Waals surface area contributed by atoms with Crippen molar-refractivity contribution >= 4 is 40.1 Å². The number of hydrogen-bond donors (Lipinski definition) is 0. The molecule has 128 valence electrons. The quantitative estimate of drug-likeness (QED) is 0.616. The minimum Gasteiger partial charge on any atom is -0.420 e. The lowest BCUT2D eigenvalue weighted by Gasteiger charge is -2.16. The predicted molar refractivity (Wildman–Crippen MR) is 101 cm³/mol. The van der Waals surface area contributed by atoms with Crippen molar-refractivity contribution in [3.8, 4) is 16.9 Å². The Bertz CT molecular complexity index is 1040. The van der Waals surface area contributed by atoms with Crippen LogP contribution >= 0.6 is 23.2 Å². The summed E-state index contributed by atoms with van der Waals surface area (Å²) in [5.41, 5.74) is 1.33. The molecule has 2 aromatic carbocycles. The van der Waals surface area contributed by atoms with Gasteiger partial charge in [0, 0.05) is 40.0 Å². The van der Waals surface area contributed by atoms with E-state index in [0.717, 1.165) is 0 Å². The summed E-state index contributed by atoms with van der Waals surface area (Å²) < 4.78 is 6.82. The van der Waals surface area contributed by atoms with E-state index in [0.29, 0.717) is 32.1 Å². The van der Waals surface area contributed by atoms with Crippen molar-refractivity contribution in [2.45, 2.75) is 13.3 Å². The van der Waals surface area contributed by atoms with Crippen molar-refractivity contribution in [1.29, 1.82) is 0 Å². The minimum absolute atomic E-state index is 0.0442. The van der Waals surface area contributed by atoms with Crippen LogP contribution in [0, 0.1) is 0 Å². The molecule has 0 saturated heterocycles. The Morgan fingerprint density at radius 2 is 1.88 bits per heavy atom. The monoisotopic (exact) mass is 375 g/mol. The highest BCUT2D eigenvalue weighted by atomic mass is 35.5. The van der Waals surface area contributed by atoms with Crippen LogP contribution in [-0.2, 0) is 11.8 Å². The van der Waals surface area contributed by atoms with E-state index in [9.17, 15) is 9.59 Å². The molecule has 1 aromatic heterocycles. The number of aryl methyl sites for hydroxylation is 1. The van der Waals surface area contributed by atoms with E-state index in [2.05, 4.69) is 0 Å². The maximum atomic E-state index is 12.8. The van der Waals surface area contributed by atoms with Gasteiger partial charge in [0.1, 0.15) is 0 Å². The average molecular weight is 376 g/mol. The van der Waals surface area contributed by atoms with Crippen molar-refractivity contribution in [3.05, 3.63) is 62.9 Å². The molecule has 0 saturated carbocycles. The van der Waals surface area contributed by atoms with E-state index in [1.807, 2.05) is 0 Å². The number of rotatable bonds is 3. The van der Waals surface area contributed by atoms with Crippen LogP contribution in [-0.4, -0.2) is 10.5 Å². The van der Waals surface area contributed by atoms with Gasteiger partial charge in [-0.2, -0.15) is 0 Å². The van der Waals surface area contributed by atoms with E-state index in [1.54, 1.807) is 56.4 Å². The zero-order valence-electron chi connectivity index (χ0n) is 13.7. The van der Waals surface area contributed by atoms with Gasteiger partial charge < -0.3 is 9.30 Å². The summed E-state index contributed by atoms with van der Waals surface area (Å²) in [6.45, 7) is 1.67. The number of aromatic nitrogens is 1. The highest BCUT2D eigenvalue weighted by Gasteiger charge is 2.22. The molecule has 0 unspecified atom stereocenters. The molecule has 1 heterocycles. The number of fused-ring (bicyclic) bond motifs is 1. The zero-order chi connectivity index (χ0) is 18.1. The SMILES string of the molecule is CCC(=O)Oc1c(-c2ccccc2Cl)c2cc(Cl)ccc2n(C)c1=O. The number of pyridine rings is 1. The van der Waals surface area contributed by atoms with Crippen LogP contribution in [0.25, 0.3) is 22.0 Å². The van der Waals surface area contributed by atoms with Gasteiger partial charge in [-0.1, -0.05) is 48.3 Å². The van der Waals surface area contributed by atoms with Gasteiger partial charge in [0.2, 0.25) is 5.75 Å². The smallest absolute Gasteiger partial charge is 0.311 e. The first kappa shape index (κ1) is 17.5. The van der Waals surface area contributed by atoms with Crippen molar-refractivity contribution < 1.29 is 9.53 Å². The van der Waals surface area contributed by atoms with Crippen molar-refractivity contribution in [2.24, 2.45) is 7.05 Å². The number of carbonyl (C=O) groups excluding carboxylic acids is 1. The van der Waals surface area contributed by atoms with E-state index in [1.165, 1.54) is 4.57 Å². The van der Waals surface area contributed by atoms with Crippen LogP contribution in [0.4, 0.5) is 0 Å². The van der Waals surface area contributed by atoms with Gasteiger partial charge in [-0.05, 0) is 24.3 Å². The molecule has 4 nitrogen and oxygen atoms in total. The average Bonchev–Trinajstić information content (AvgIpc) is 2.60. The number of halogens is 2. The van der Waals surface area contributed by atoms with Crippen LogP contribution in [0.1, 0.15) is 13.3 Å². The molecule has 3 aromatic rings. The second kappa shape index (κ2) is 6.90. The molecule has 0 N–H and O–H groups in total. The van der Waals surface area contributed by atoms with Crippen LogP contribution in [0.15, 0.2) is 47.3 Å². The molecule has 0 spiro atoms. The summed E-state index contributed by atoms with van der Waals surface area (Å²) in [6, 6.07) is 12.3. The zero-order valence-corrected chi connectivity index (χ0v) is 15.2. The first-order valence-electron chi connectivity index (χ1n) is 7.71. The normalized spacial score (nSPS) is 10.9. The molecule has 0 atom stereocenters. The van der Waals surface area contributed by atoms with Crippen LogP contribution < -0.4 is 10.3 Å². The largest absolute Gasteiger partial charge is 0.420 e. The Balaban J connectivity index is 2.49. The molecule has 6 heteroatoms. The second-order valence-electron chi connectivity index (χ2n) is 5.54. The topological polar surface area (TPSA) is 48.3 Å². The number of nitrogens with zero attached hydrogens (tertiary/aromatic N) is 1. The number of benzene rings is 2. The summed E-state index contributed by atoms with van der Waals surface area (Å²) in [5, 5.41) is 1.64. The lowest BCUT2D eigenvalue weighted by Crippen LogP contribution is -2.23. The van der Waals surface area contributed by atoms with Crippen LogP contribution in [0.2, 0.25) is 10.0 Å². The Hall–Kier alpha value is -2.30. The van der Waals surface area contributed by atoms with Crippen molar-refractivity contribution in [3.63, 3.8) is 0 Å². The van der Waals surface area contributed by atoms with Crippen molar-refractivity contribution in [2.75, 3.05) is 0 Å². The van der Waals surface area contributed by atoms with Gasteiger partial charge >= 0.3 is 5.97 Å². The van der Waals surface area contributed by atoms with Gasteiger partial charge in [0.05, 0.1) is 5.52 Å². The summed E-state index contributed by atoms with van der Waals surface area (Å²) >= 11 is 12.5. The molecular weight excluding hydrogens is 361 g/mol. The first-order chi connectivity index (χ1) is 11.9. The lowest BCUT2D eigenvalue weighted by molar-refractivity contribution is -0.134. The fourth-order valence-electron chi connectivity index (χ4n) is 2.70. The third-order valence-electron chi connectivity index (χ3n) is 3.96. The molecule has 0 aliphatic rings. The van der Waals surface area contributed by atoms with Gasteiger partial charge in [-0.15, -0.1) is 0 Å². The van der Waals surface area contributed by atoms with Gasteiger partial charge in [0.15, 0.2) is 0 Å². The summed E-state index contributed by atoms with van der Waals surface area (Å²) in [5.74, 6) is -0.538. The maximum Gasteiger partial charge on any atom is 0.311 e. The van der Waals surface area contributed by atoms with Gasteiger partial charge in [-0.25, -0.2) is 0 Å². The third-order valence-corrected chi connectivity index (χ3v) is 4.53. The maximum absolute atomic E-state index is 12.8. The van der Waals surface area contributed by atoms with E-state index < -0.39 is 11.5 Å². The van der Waals surface area contributed by atoms with Crippen LogP contribution in [0.5, 0.6) is 5.75 Å². The second-order valence-corrected chi connectivity index (χ2v) is 6.38. The standard InChI is InChI=1S/C19H15Cl2NO3/c1-3-16(23)25-18-17(12-6-4-5-7-14(12)21)13-10-11(20)8-9-15(13)22(2)19(18)24/h4-10H,3H2,1-2H3. The molecule has 0 radical (unpaired) electrons. The number of hydrogen-bond acceptors (Lipinski definition) is 3. The Morgan fingerprint density at radius 3 is 2.56 bits per heavy atom. The van der Waals surface area contributed by atoms with E-state index in [-0.39, 0.29) is 12.2 Å². The fraction of sp³-hybridized carbons (Fsp3) is 0.158. The number of carbonyl (C=O) groups is 1. The van der Waals surface area contributed by atoms with E-state index in [4.69, 9.17) is 27.9 Å². The Morgan fingerprint density at radius 1 is 1.16 bits per heavy atom. The molecule has 0 amide bonds. The molecule has 0 fully saturated rings. The molecular formula is C19H15Cl2NO3. The third kappa shape index (κ3) is 3.15. The fourth-order valence-corrected chi connectivity index (χ4v) is 3.11. The predicted octanol–water partition coefficient (Wildman–Crippen LogP) is 4.83. The van der Waals surface area contributed by atoms with E-state index >= 15 is 0 Å². The molecule has 0 aliphatic carbocycles. The summed E-state index contributed by atoms with van der Waals surface area (Å²) in [6.07, 6.45) is 0.151. The van der Waals surface area contributed by atoms with Crippen LogP contribution in [0.3, 0.4) is 0 Å².